The van der Waals surface area contributed by atoms with Crippen molar-refractivity contribution >= 4 is 40.8 Å². The maximum absolute atomic E-state index is 12.4. The average molecular weight is 421 g/mol. The third kappa shape index (κ3) is 5.18. The SMILES string of the molecule is Nc1c(Cl)cc(Cl)cc1C(=O)OCC(=O)N1CCC(Cc2ccccc2)CC1. The number of hydrogen-bond acceptors (Lipinski definition) is 4. The molecule has 1 aliphatic rings. The molecule has 2 N–H and O–H groups in total. The lowest BCUT2D eigenvalue weighted by molar-refractivity contribution is -0.135. The van der Waals surface area contributed by atoms with Crippen molar-refractivity contribution < 1.29 is 14.3 Å². The molecule has 1 amide bonds. The molecule has 1 saturated heterocycles. The lowest BCUT2D eigenvalue weighted by atomic mass is 9.90. The van der Waals surface area contributed by atoms with E-state index >= 15 is 0 Å². The van der Waals surface area contributed by atoms with Crippen LogP contribution in [0.5, 0.6) is 0 Å². The summed E-state index contributed by atoms with van der Waals surface area (Å²) in [5, 5.41) is 0.448. The van der Waals surface area contributed by atoms with Crippen LogP contribution in [0.4, 0.5) is 5.69 Å². The Bertz CT molecular complexity index is 850. The Morgan fingerprint density at radius 1 is 1.11 bits per heavy atom. The first-order chi connectivity index (χ1) is 13.4. The van der Waals surface area contributed by atoms with E-state index in [0.29, 0.717) is 19.0 Å². The van der Waals surface area contributed by atoms with Gasteiger partial charge in [0.15, 0.2) is 6.61 Å². The van der Waals surface area contributed by atoms with Gasteiger partial charge in [-0.2, -0.15) is 0 Å². The van der Waals surface area contributed by atoms with E-state index < -0.39 is 5.97 Å². The molecule has 1 heterocycles. The molecule has 28 heavy (non-hydrogen) atoms. The van der Waals surface area contributed by atoms with Crippen molar-refractivity contribution in [1.29, 1.82) is 0 Å². The van der Waals surface area contributed by atoms with Crippen LogP contribution in [-0.2, 0) is 16.0 Å². The van der Waals surface area contributed by atoms with E-state index in [-0.39, 0.29) is 33.8 Å². The molecule has 2 aromatic carbocycles. The summed E-state index contributed by atoms with van der Waals surface area (Å²) in [6.07, 6.45) is 2.89. The van der Waals surface area contributed by atoms with E-state index in [2.05, 4.69) is 12.1 Å². The molecule has 0 aromatic heterocycles. The third-order valence-electron chi connectivity index (χ3n) is 4.98. The zero-order valence-corrected chi connectivity index (χ0v) is 16.9. The Kier molecular flexibility index (Phi) is 6.81. The summed E-state index contributed by atoms with van der Waals surface area (Å²) in [6, 6.07) is 13.2. The number of carbonyl (C=O) groups excluding carboxylic acids is 2. The van der Waals surface area contributed by atoms with Gasteiger partial charge < -0.3 is 15.4 Å². The number of amides is 1. The lowest BCUT2D eigenvalue weighted by Crippen LogP contribution is -2.41. The van der Waals surface area contributed by atoms with Crippen LogP contribution >= 0.6 is 23.2 Å². The largest absolute Gasteiger partial charge is 0.452 e. The van der Waals surface area contributed by atoms with Gasteiger partial charge in [-0.05, 0) is 42.9 Å². The molecule has 0 aliphatic carbocycles. The molecule has 0 bridgehead atoms. The van der Waals surface area contributed by atoms with Crippen LogP contribution in [0.15, 0.2) is 42.5 Å². The second kappa shape index (κ2) is 9.30. The Hall–Kier alpha value is -2.24. The van der Waals surface area contributed by atoms with E-state index in [1.165, 1.54) is 17.7 Å². The molecule has 0 spiro atoms. The first-order valence-corrected chi connectivity index (χ1v) is 9.93. The second-order valence-corrected chi connectivity index (χ2v) is 7.78. The number of hydrogen-bond donors (Lipinski definition) is 1. The first-order valence-electron chi connectivity index (χ1n) is 9.17. The average Bonchev–Trinajstić information content (AvgIpc) is 2.70. The molecular formula is C21H22Cl2N2O3. The minimum atomic E-state index is -0.714. The van der Waals surface area contributed by atoms with Gasteiger partial charge in [0, 0.05) is 18.1 Å². The zero-order valence-electron chi connectivity index (χ0n) is 15.4. The Balaban J connectivity index is 1.48. The van der Waals surface area contributed by atoms with Crippen molar-refractivity contribution in [3.8, 4) is 0 Å². The lowest BCUT2D eigenvalue weighted by Gasteiger charge is -2.32. The minimum Gasteiger partial charge on any atom is -0.452 e. The van der Waals surface area contributed by atoms with E-state index in [4.69, 9.17) is 33.7 Å². The molecule has 0 saturated carbocycles. The van der Waals surface area contributed by atoms with Crippen LogP contribution in [-0.4, -0.2) is 36.5 Å². The molecule has 7 heteroatoms. The summed E-state index contributed by atoms with van der Waals surface area (Å²) >= 11 is 11.8. The van der Waals surface area contributed by atoms with Gasteiger partial charge in [-0.1, -0.05) is 53.5 Å². The smallest absolute Gasteiger partial charge is 0.340 e. The molecule has 0 unspecified atom stereocenters. The monoisotopic (exact) mass is 420 g/mol. The van der Waals surface area contributed by atoms with Crippen LogP contribution < -0.4 is 5.73 Å². The van der Waals surface area contributed by atoms with E-state index in [1.807, 2.05) is 18.2 Å². The van der Waals surface area contributed by atoms with Crippen molar-refractivity contribution in [2.75, 3.05) is 25.4 Å². The number of nitrogens with zero attached hydrogens (tertiary/aromatic N) is 1. The van der Waals surface area contributed by atoms with Gasteiger partial charge >= 0.3 is 5.97 Å². The van der Waals surface area contributed by atoms with Crippen molar-refractivity contribution in [1.82, 2.24) is 4.90 Å². The number of halogens is 2. The second-order valence-electron chi connectivity index (χ2n) is 6.94. The Morgan fingerprint density at radius 2 is 1.79 bits per heavy atom. The highest BCUT2D eigenvalue weighted by molar-refractivity contribution is 6.37. The number of rotatable bonds is 5. The quantitative estimate of drug-likeness (QED) is 0.580. The van der Waals surface area contributed by atoms with Crippen molar-refractivity contribution in [3.05, 3.63) is 63.6 Å². The number of esters is 1. The van der Waals surface area contributed by atoms with E-state index in [1.54, 1.807) is 4.90 Å². The maximum Gasteiger partial charge on any atom is 0.340 e. The van der Waals surface area contributed by atoms with Crippen LogP contribution in [0.2, 0.25) is 10.0 Å². The topological polar surface area (TPSA) is 72.6 Å². The predicted molar refractivity (Wildman–Crippen MR) is 111 cm³/mol. The fourth-order valence-corrected chi connectivity index (χ4v) is 3.88. The number of carbonyl (C=O) groups is 2. The number of nitrogen functional groups attached to an aromatic ring is 1. The first kappa shape index (κ1) is 20.5. The van der Waals surface area contributed by atoms with Gasteiger partial charge in [-0.15, -0.1) is 0 Å². The number of nitrogens with two attached hydrogens (primary N) is 1. The molecular weight excluding hydrogens is 399 g/mol. The Labute approximate surface area is 174 Å². The van der Waals surface area contributed by atoms with Gasteiger partial charge in [0.2, 0.25) is 0 Å². The van der Waals surface area contributed by atoms with Gasteiger partial charge in [-0.25, -0.2) is 4.79 Å². The molecule has 148 valence electrons. The normalized spacial score (nSPS) is 14.7. The standard InChI is InChI=1S/C21H22Cl2N2O3/c22-16-11-17(20(24)18(23)12-16)21(27)28-13-19(26)25-8-6-15(7-9-25)10-14-4-2-1-3-5-14/h1-5,11-12,15H,6-10,13,24H2. The van der Waals surface area contributed by atoms with Crippen molar-refractivity contribution in [2.24, 2.45) is 5.92 Å². The fraction of sp³-hybridized carbons (Fsp3) is 0.333. The third-order valence-corrected chi connectivity index (χ3v) is 5.51. The molecule has 0 atom stereocenters. The molecule has 1 aliphatic heterocycles. The highest BCUT2D eigenvalue weighted by atomic mass is 35.5. The number of ether oxygens (including phenoxy) is 1. The maximum atomic E-state index is 12.4. The molecule has 5 nitrogen and oxygen atoms in total. The highest BCUT2D eigenvalue weighted by Crippen LogP contribution is 2.28. The predicted octanol–water partition coefficient (Wildman–Crippen LogP) is 4.21. The van der Waals surface area contributed by atoms with Crippen molar-refractivity contribution in [3.63, 3.8) is 0 Å². The summed E-state index contributed by atoms with van der Waals surface area (Å²) in [7, 11) is 0. The molecule has 2 aromatic rings. The molecule has 3 rings (SSSR count). The summed E-state index contributed by atoms with van der Waals surface area (Å²) in [6.45, 7) is 1.00. The fourth-order valence-electron chi connectivity index (χ4n) is 3.38. The van der Waals surface area contributed by atoms with Crippen LogP contribution in [0.3, 0.4) is 0 Å². The van der Waals surface area contributed by atoms with E-state index in [0.717, 1.165) is 19.3 Å². The van der Waals surface area contributed by atoms with Gasteiger partial charge in [-0.3, -0.25) is 4.79 Å². The summed E-state index contributed by atoms with van der Waals surface area (Å²) in [4.78, 5) is 26.3. The van der Waals surface area contributed by atoms with Gasteiger partial charge in [0.1, 0.15) is 0 Å². The van der Waals surface area contributed by atoms with Gasteiger partial charge in [0.25, 0.3) is 5.91 Å². The number of likely N-dealkylation sites (tertiary alicyclic amines) is 1. The number of anilines is 1. The van der Waals surface area contributed by atoms with Crippen LogP contribution in [0.1, 0.15) is 28.8 Å². The zero-order chi connectivity index (χ0) is 20.1. The molecule has 0 radical (unpaired) electrons. The summed E-state index contributed by atoms with van der Waals surface area (Å²) < 4.78 is 5.13. The number of piperidine rings is 1. The minimum absolute atomic E-state index is 0.0619. The summed E-state index contributed by atoms with van der Waals surface area (Å²) in [5.41, 5.74) is 7.26. The molecule has 1 fully saturated rings. The van der Waals surface area contributed by atoms with Crippen molar-refractivity contribution in [2.45, 2.75) is 19.3 Å². The van der Waals surface area contributed by atoms with Gasteiger partial charge in [0.05, 0.1) is 16.3 Å². The number of benzene rings is 2. The van der Waals surface area contributed by atoms with Crippen LogP contribution in [0.25, 0.3) is 0 Å². The van der Waals surface area contributed by atoms with Crippen LogP contribution in [0, 0.1) is 5.92 Å². The highest BCUT2D eigenvalue weighted by Gasteiger charge is 2.24. The van der Waals surface area contributed by atoms with E-state index in [9.17, 15) is 9.59 Å². The summed E-state index contributed by atoms with van der Waals surface area (Å²) in [5.74, 6) is -0.366. The Morgan fingerprint density at radius 3 is 2.46 bits per heavy atom.